The molecule has 0 radical (unpaired) electrons. The molecule has 2 heterocycles. The fourth-order valence-electron chi connectivity index (χ4n) is 1.94. The Labute approximate surface area is 109 Å². The summed E-state index contributed by atoms with van der Waals surface area (Å²) in [6, 6.07) is 9.49. The molecule has 0 saturated carbocycles. The Kier molecular flexibility index (Phi) is 2.79. The van der Waals surface area contributed by atoms with Crippen molar-refractivity contribution < 1.29 is 9.21 Å². The van der Waals surface area contributed by atoms with Crippen molar-refractivity contribution >= 4 is 16.9 Å². The fourth-order valence-corrected chi connectivity index (χ4v) is 1.94. The molecule has 0 bridgehead atoms. The second kappa shape index (κ2) is 4.61. The number of amides is 1. The summed E-state index contributed by atoms with van der Waals surface area (Å²) in [5, 5.41) is 3.88. The van der Waals surface area contributed by atoms with Gasteiger partial charge in [0.2, 0.25) is 0 Å². The van der Waals surface area contributed by atoms with E-state index in [2.05, 4.69) is 15.3 Å². The number of carbonyl (C=O) groups excluding carboxylic acids is 1. The molecule has 1 unspecified atom stereocenters. The third-order valence-electron chi connectivity index (χ3n) is 2.96. The lowest BCUT2D eigenvalue weighted by Crippen LogP contribution is -2.26. The maximum Gasteiger partial charge on any atom is 0.269 e. The highest BCUT2D eigenvalue weighted by molar-refractivity contribution is 5.92. The highest BCUT2D eigenvalue weighted by Gasteiger charge is 2.15. The first-order chi connectivity index (χ1) is 9.24. The minimum Gasteiger partial charge on any atom is -0.459 e. The first kappa shape index (κ1) is 11.5. The lowest BCUT2D eigenvalue weighted by molar-refractivity contribution is 0.0931. The van der Waals surface area contributed by atoms with Gasteiger partial charge in [0.1, 0.15) is 17.0 Å². The van der Waals surface area contributed by atoms with E-state index in [0.29, 0.717) is 5.69 Å². The van der Waals surface area contributed by atoms with Gasteiger partial charge in [0.05, 0.1) is 18.6 Å². The number of aromatic amines is 1. The molecule has 5 nitrogen and oxygen atoms in total. The van der Waals surface area contributed by atoms with Crippen LogP contribution in [0, 0.1) is 0 Å². The Balaban J connectivity index is 1.80. The number of fused-ring (bicyclic) bond motifs is 1. The summed E-state index contributed by atoms with van der Waals surface area (Å²) in [4.78, 5) is 18.5. The molecule has 0 aliphatic heterocycles. The van der Waals surface area contributed by atoms with Gasteiger partial charge in [-0.05, 0) is 19.1 Å². The molecule has 1 amide bonds. The Morgan fingerprint density at radius 2 is 2.26 bits per heavy atom. The molecule has 96 valence electrons. The largest absolute Gasteiger partial charge is 0.459 e. The van der Waals surface area contributed by atoms with Crippen LogP contribution in [0.5, 0.6) is 0 Å². The molecule has 2 N–H and O–H groups in total. The van der Waals surface area contributed by atoms with Crippen LogP contribution in [0.3, 0.4) is 0 Å². The Hall–Kier alpha value is -2.56. The van der Waals surface area contributed by atoms with E-state index in [-0.39, 0.29) is 11.9 Å². The number of hydrogen-bond donors (Lipinski definition) is 2. The van der Waals surface area contributed by atoms with Crippen molar-refractivity contribution in [2.75, 3.05) is 0 Å². The summed E-state index contributed by atoms with van der Waals surface area (Å²) in [5.41, 5.74) is 1.25. The van der Waals surface area contributed by atoms with Crippen LogP contribution in [-0.2, 0) is 0 Å². The highest BCUT2D eigenvalue weighted by atomic mass is 16.3. The second-order valence-electron chi connectivity index (χ2n) is 4.35. The molecule has 0 aliphatic carbocycles. The Morgan fingerprint density at radius 1 is 1.42 bits per heavy atom. The van der Waals surface area contributed by atoms with Gasteiger partial charge < -0.3 is 14.7 Å². The molecule has 0 fully saturated rings. The Morgan fingerprint density at radius 3 is 3.00 bits per heavy atom. The van der Waals surface area contributed by atoms with Gasteiger partial charge in [0, 0.05) is 5.39 Å². The molecular formula is C14H13N3O2. The van der Waals surface area contributed by atoms with Crippen LogP contribution >= 0.6 is 0 Å². The van der Waals surface area contributed by atoms with E-state index in [4.69, 9.17) is 4.42 Å². The summed E-state index contributed by atoms with van der Waals surface area (Å²) in [6.07, 6.45) is 2.96. The molecule has 0 spiro atoms. The van der Waals surface area contributed by atoms with Crippen LogP contribution in [0.2, 0.25) is 0 Å². The number of nitrogens with zero attached hydrogens (tertiary/aromatic N) is 1. The van der Waals surface area contributed by atoms with Crippen molar-refractivity contribution in [2.24, 2.45) is 0 Å². The monoisotopic (exact) mass is 255 g/mol. The molecule has 1 aromatic carbocycles. The standard InChI is InChI=1S/C14H13N3O2/c1-9(17-14(18)11-7-15-8-16-11)13-6-10-4-2-3-5-12(10)19-13/h2-9H,1H3,(H,15,16)(H,17,18). The van der Waals surface area contributed by atoms with Gasteiger partial charge in [-0.15, -0.1) is 0 Å². The average molecular weight is 255 g/mol. The van der Waals surface area contributed by atoms with Crippen molar-refractivity contribution in [1.29, 1.82) is 0 Å². The maximum atomic E-state index is 11.9. The van der Waals surface area contributed by atoms with E-state index >= 15 is 0 Å². The summed E-state index contributed by atoms with van der Waals surface area (Å²) >= 11 is 0. The molecule has 3 aromatic rings. The molecule has 2 aromatic heterocycles. The van der Waals surface area contributed by atoms with Crippen LogP contribution in [0.25, 0.3) is 11.0 Å². The number of furan rings is 1. The van der Waals surface area contributed by atoms with E-state index in [1.165, 1.54) is 12.5 Å². The number of aromatic nitrogens is 2. The zero-order valence-electron chi connectivity index (χ0n) is 10.4. The summed E-state index contributed by atoms with van der Waals surface area (Å²) in [7, 11) is 0. The molecule has 1 atom stereocenters. The number of imidazole rings is 1. The molecule has 19 heavy (non-hydrogen) atoms. The van der Waals surface area contributed by atoms with Gasteiger partial charge in [-0.2, -0.15) is 0 Å². The summed E-state index contributed by atoms with van der Waals surface area (Å²) in [5.74, 6) is 0.527. The first-order valence-corrected chi connectivity index (χ1v) is 6.02. The number of para-hydroxylation sites is 1. The van der Waals surface area contributed by atoms with Gasteiger partial charge in [0.25, 0.3) is 5.91 Å². The van der Waals surface area contributed by atoms with Gasteiger partial charge in [-0.25, -0.2) is 4.98 Å². The lowest BCUT2D eigenvalue weighted by Gasteiger charge is -2.09. The van der Waals surface area contributed by atoms with E-state index in [9.17, 15) is 4.79 Å². The van der Waals surface area contributed by atoms with Crippen LogP contribution in [-0.4, -0.2) is 15.9 Å². The number of rotatable bonds is 3. The van der Waals surface area contributed by atoms with E-state index in [1.807, 2.05) is 37.3 Å². The first-order valence-electron chi connectivity index (χ1n) is 6.02. The normalized spacial score (nSPS) is 12.5. The van der Waals surface area contributed by atoms with E-state index in [1.54, 1.807) is 0 Å². The third kappa shape index (κ3) is 2.22. The average Bonchev–Trinajstić information content (AvgIpc) is 3.07. The Bertz CT molecular complexity index is 667. The topological polar surface area (TPSA) is 70.9 Å². The van der Waals surface area contributed by atoms with Crippen LogP contribution in [0.4, 0.5) is 0 Å². The minimum atomic E-state index is -0.205. The van der Waals surface area contributed by atoms with Crippen molar-refractivity contribution in [1.82, 2.24) is 15.3 Å². The summed E-state index contributed by atoms with van der Waals surface area (Å²) in [6.45, 7) is 1.88. The lowest BCUT2D eigenvalue weighted by atomic mass is 10.2. The number of carbonyl (C=O) groups is 1. The molecule has 0 aliphatic rings. The summed E-state index contributed by atoms with van der Waals surface area (Å²) < 4.78 is 5.71. The number of nitrogens with one attached hydrogen (secondary N) is 2. The van der Waals surface area contributed by atoms with E-state index < -0.39 is 0 Å². The number of hydrogen-bond acceptors (Lipinski definition) is 3. The zero-order chi connectivity index (χ0) is 13.2. The van der Waals surface area contributed by atoms with Crippen molar-refractivity contribution in [2.45, 2.75) is 13.0 Å². The predicted molar refractivity (Wildman–Crippen MR) is 70.7 cm³/mol. The van der Waals surface area contributed by atoms with Gasteiger partial charge >= 0.3 is 0 Å². The molecular weight excluding hydrogens is 242 g/mol. The minimum absolute atomic E-state index is 0.203. The molecule has 5 heteroatoms. The van der Waals surface area contributed by atoms with Crippen LogP contribution in [0.15, 0.2) is 47.3 Å². The number of H-pyrrole nitrogens is 1. The molecule has 3 rings (SSSR count). The van der Waals surface area contributed by atoms with E-state index in [0.717, 1.165) is 16.7 Å². The SMILES string of the molecule is CC(NC(=O)c1cnc[nH]1)c1cc2ccccc2o1. The quantitative estimate of drug-likeness (QED) is 0.755. The number of benzene rings is 1. The third-order valence-corrected chi connectivity index (χ3v) is 2.96. The second-order valence-corrected chi connectivity index (χ2v) is 4.35. The van der Waals surface area contributed by atoms with Gasteiger partial charge in [0.15, 0.2) is 0 Å². The van der Waals surface area contributed by atoms with Crippen LogP contribution < -0.4 is 5.32 Å². The smallest absolute Gasteiger partial charge is 0.269 e. The zero-order valence-corrected chi connectivity index (χ0v) is 10.4. The van der Waals surface area contributed by atoms with Crippen molar-refractivity contribution in [3.63, 3.8) is 0 Å². The van der Waals surface area contributed by atoms with Crippen LogP contribution in [0.1, 0.15) is 29.2 Å². The van der Waals surface area contributed by atoms with Crippen molar-refractivity contribution in [3.8, 4) is 0 Å². The van der Waals surface area contributed by atoms with Gasteiger partial charge in [-0.3, -0.25) is 4.79 Å². The fraction of sp³-hybridized carbons (Fsp3) is 0.143. The maximum absolute atomic E-state index is 11.9. The molecule has 0 saturated heterocycles. The van der Waals surface area contributed by atoms with Crippen molar-refractivity contribution in [3.05, 3.63) is 54.3 Å². The predicted octanol–water partition coefficient (Wildman–Crippen LogP) is 2.65. The van der Waals surface area contributed by atoms with Gasteiger partial charge in [-0.1, -0.05) is 18.2 Å². The highest BCUT2D eigenvalue weighted by Crippen LogP contribution is 2.23.